The molecule has 0 amide bonds. The predicted octanol–water partition coefficient (Wildman–Crippen LogP) is -56.7. The predicted molar refractivity (Wildman–Crippen MR) is 120 cm³/mol. The molecule has 0 aliphatic carbocycles. The van der Waals surface area contributed by atoms with Crippen LogP contribution in [0.1, 0.15) is 0 Å². The van der Waals surface area contributed by atoms with E-state index in [-0.39, 0.29) is 455 Å². The third kappa shape index (κ3) is 3740. The van der Waals surface area contributed by atoms with Gasteiger partial charge in [0, 0.05) is 0 Å². The Hall–Kier alpha value is 15.6. The van der Waals surface area contributed by atoms with Gasteiger partial charge in [-0.05, 0) is 0 Å². The summed E-state index contributed by atoms with van der Waals surface area (Å²) >= 11 is 0. The van der Waals surface area contributed by atoms with Crippen LogP contribution < -0.4 is 434 Å². The van der Waals surface area contributed by atoms with Gasteiger partial charge < -0.3 is 256 Å². The van der Waals surface area contributed by atoms with Crippen LogP contribution >= 0.6 is 102 Å². The normalized spacial score (nSPS) is 9.13. The smallest absolute Gasteiger partial charge is 0.822 e. The van der Waals surface area contributed by atoms with Crippen LogP contribution in [0.2, 0.25) is 0 Å². The largest absolute Gasteiger partial charge is 3.00 e. The molecule has 84 heteroatoms. The second-order valence-electron chi connectivity index (χ2n) is 5.81. The van der Waals surface area contributed by atoms with E-state index < -0.39 is 102 Å². The molecule has 0 aromatic rings. The summed E-state index contributed by atoms with van der Waals surface area (Å²) in [6.45, 7) is 0. The quantitative estimate of drug-likeness (QED) is 0.160. The molecule has 2 N–H and O–H groups in total. The standard InChI is InChI=1S/3Al.3Cr.3Fe.3K.3Mn.3Na.13H3O4P.H2O/c;;;;;;;;;;;;;;;;;;13*1-5(2,3)4;/h;;;;;;;;;;;;;;;;;;13*(H3,1,2,3,4);1H2/q9*+3;3*+1;3*+2;3*+1;;;;;;;;;;;;;;/p-39. The van der Waals surface area contributed by atoms with Gasteiger partial charge in [-0.15, -0.1) is 0 Å². The summed E-state index contributed by atoms with van der Waals surface area (Å²) in [5.41, 5.74) is 0. The zero-order chi connectivity index (χ0) is 58.5. The minimum atomic E-state index is -5.39. The Bertz CT molecular complexity index is 1240. The summed E-state index contributed by atoms with van der Waals surface area (Å²) < 4.78 is 111. The average molecular weight is 2010 g/mol. The van der Waals surface area contributed by atoms with E-state index in [1.165, 1.54) is 0 Å². The fourth-order valence-electron chi connectivity index (χ4n) is 0. The Balaban J connectivity index is -0.0000000114. The molecule has 0 saturated heterocycles. The van der Waals surface area contributed by atoms with E-state index in [0.717, 1.165) is 0 Å². The van der Waals surface area contributed by atoms with Gasteiger partial charge in [0.25, 0.3) is 0 Å². The fraction of sp³-hybridized carbons (Fsp3) is 0. The summed E-state index contributed by atoms with van der Waals surface area (Å²) in [5.74, 6) is 0. The van der Waals surface area contributed by atoms with Crippen molar-refractivity contribution in [3.63, 3.8) is 0 Å². The van der Waals surface area contributed by atoms with Crippen molar-refractivity contribution in [1.82, 2.24) is 0 Å². The molecule has 0 aliphatic rings. The van der Waals surface area contributed by atoms with Gasteiger partial charge in [-0.2, -0.15) is 102 Å². The summed E-state index contributed by atoms with van der Waals surface area (Å²) in [6.07, 6.45) is 0. The first-order valence-corrected chi connectivity index (χ1v) is 28.5. The topological polar surface area (TPSA) is 1150 Å². The van der Waals surface area contributed by atoms with E-state index in [9.17, 15) is 0 Å². The molecule has 0 unspecified atom stereocenters. The van der Waals surface area contributed by atoms with Crippen LogP contribution in [0, 0.1) is 0 Å². The maximum absolute atomic E-state index is 8.55. The van der Waals surface area contributed by atoms with Crippen molar-refractivity contribution in [2.24, 2.45) is 0 Å². The molecule has 0 rings (SSSR count). The fourth-order valence-corrected chi connectivity index (χ4v) is 0. The molecular weight excluding hydrogens is 2010 g/mol. The number of phosphoric acid groups is 13. The molecule has 0 heterocycles. The SMILES string of the molecule is O.O=P([O-])([O-])[O-].O=P([O-])([O-])[O-].O=P([O-])([O-])[O-].O=P([O-])([O-])[O-].O=P([O-])([O-])[O-].O=P([O-])([O-])[O-].O=P([O-])([O-])[O-].O=P([O-])([O-])[O-].O=P([O-])([O-])[O-].O=P([O-])([O-])[O-].O=P([O-])([O-])[O-].O=P([O-])([O-])[O-].O=P([O-])([O-])[O-].[Al+3].[Al+3].[Al+3].[Cr+3].[Cr+3].[Cr+3].[Fe+3].[Fe+3].[Fe+3].[K+].[K+].[K+].[Mn+2].[Mn+2].[Mn+2].[Na+].[Na+].[Na+]. The Morgan fingerprint density at radius 2 is 0.155 bits per heavy atom. The van der Waals surface area contributed by atoms with Crippen molar-refractivity contribution < 1.29 is 653 Å². The zero-order valence-corrected chi connectivity index (χ0v) is 79.8. The molecule has 9 radical (unpaired) electrons. The molecule has 0 fully saturated rings. The van der Waals surface area contributed by atoms with Gasteiger partial charge in [-0.1, -0.05) is 0 Å². The van der Waals surface area contributed by atoms with Crippen molar-refractivity contribution in [3.8, 4) is 0 Å². The second kappa shape index (κ2) is 107. The first-order valence-electron chi connectivity index (χ1n) is 9.49. The van der Waals surface area contributed by atoms with Gasteiger partial charge >= 0.3 is 449 Å². The summed E-state index contributed by atoms with van der Waals surface area (Å²) in [5, 5.41) is 0. The summed E-state index contributed by atoms with van der Waals surface area (Å²) in [4.78, 5) is 333. The molecule has 463 valence electrons. The van der Waals surface area contributed by atoms with Gasteiger partial charge in [0.05, 0.1) is 0 Å². The van der Waals surface area contributed by atoms with Crippen LogP contribution in [0.15, 0.2) is 0 Å². The number of rotatable bonds is 0. The summed E-state index contributed by atoms with van der Waals surface area (Å²) in [6, 6.07) is 0. The zero-order valence-electron chi connectivity index (χ0n) is 38.7. The maximum Gasteiger partial charge on any atom is 3.00 e. The molecule has 0 bridgehead atoms. The number of hydrogen-bond donors (Lipinski definition) is 0. The van der Waals surface area contributed by atoms with Gasteiger partial charge in [0.15, 0.2) is 0 Å². The molecule has 0 aromatic carbocycles. The molecule has 0 aromatic heterocycles. The van der Waals surface area contributed by atoms with E-state index in [0.29, 0.717) is 0 Å². The minimum Gasteiger partial charge on any atom is -0.822 e. The van der Waals surface area contributed by atoms with Gasteiger partial charge in [0.1, 0.15) is 0 Å². The van der Waals surface area contributed by atoms with Crippen molar-refractivity contribution >= 4 is 154 Å². The maximum atomic E-state index is 8.55. The average Bonchev–Trinajstić information content (AvgIpc) is 2.54. The summed E-state index contributed by atoms with van der Waals surface area (Å²) in [7, 11) is -70.1. The van der Waals surface area contributed by atoms with Crippen LogP contribution in [-0.2, 0) is 214 Å². The van der Waals surface area contributed by atoms with E-state index in [2.05, 4.69) is 0 Å². The van der Waals surface area contributed by atoms with Crippen molar-refractivity contribution in [2.75, 3.05) is 0 Å². The monoisotopic (exact) mass is 2010 g/mol. The van der Waals surface area contributed by atoms with Crippen LogP contribution in [0.25, 0.3) is 0 Å². The molecule has 0 saturated carbocycles. The van der Waals surface area contributed by atoms with E-state index in [4.69, 9.17) is 250 Å². The molecular formula is H2Al3Cr3Fe3K3Mn3Na3O53P13. The van der Waals surface area contributed by atoms with E-state index in [1.54, 1.807) is 0 Å². The van der Waals surface area contributed by atoms with E-state index >= 15 is 0 Å². The van der Waals surface area contributed by atoms with Gasteiger partial charge in [-0.25, -0.2) is 0 Å². The minimum absolute atomic E-state index is 0. The Kier molecular flexibility index (Phi) is 270. The van der Waals surface area contributed by atoms with Crippen LogP contribution in [0.3, 0.4) is 0 Å². The molecule has 84 heavy (non-hydrogen) atoms. The first kappa shape index (κ1) is 212. The third-order valence-electron chi connectivity index (χ3n) is 0. The molecule has 53 nitrogen and oxygen atoms in total. The van der Waals surface area contributed by atoms with Gasteiger partial charge in [-0.3, -0.25) is 0 Å². The second-order valence-corrected chi connectivity index (χ2v) is 17.4. The molecule has 0 aliphatic heterocycles. The Morgan fingerprint density at radius 1 is 0.155 bits per heavy atom. The van der Waals surface area contributed by atoms with Crippen LogP contribution in [-0.4, -0.2) is 57.6 Å². The van der Waals surface area contributed by atoms with Crippen LogP contribution in [0.4, 0.5) is 0 Å². The van der Waals surface area contributed by atoms with Crippen molar-refractivity contribution in [1.29, 1.82) is 0 Å². The Labute approximate surface area is 790 Å². The van der Waals surface area contributed by atoms with Crippen molar-refractivity contribution in [3.05, 3.63) is 0 Å². The number of hydrogen-bond acceptors (Lipinski definition) is 52. The molecule has 0 spiro atoms. The third-order valence-corrected chi connectivity index (χ3v) is 0. The van der Waals surface area contributed by atoms with E-state index in [1.807, 2.05) is 0 Å². The first-order chi connectivity index (χ1) is 26.0. The van der Waals surface area contributed by atoms with Gasteiger partial charge in [0.2, 0.25) is 0 Å². The van der Waals surface area contributed by atoms with Crippen LogP contribution in [0.5, 0.6) is 0 Å². The van der Waals surface area contributed by atoms with Crippen molar-refractivity contribution in [2.45, 2.75) is 0 Å². The Morgan fingerprint density at radius 3 is 0.155 bits per heavy atom. The molecule has 0 atom stereocenters.